The minimum Gasteiger partial charge on any atom is -0.378 e. The third-order valence-electron chi connectivity index (χ3n) is 3.34. The predicted octanol–water partition coefficient (Wildman–Crippen LogP) is 5.51. The van der Waals surface area contributed by atoms with Crippen LogP contribution in [0.15, 0.2) is 44.8 Å². The molecule has 1 aromatic heterocycles. The Morgan fingerprint density at radius 3 is 2.74 bits per heavy atom. The van der Waals surface area contributed by atoms with Crippen molar-refractivity contribution in [2.45, 2.75) is 33.7 Å². The van der Waals surface area contributed by atoms with Crippen LogP contribution in [-0.4, -0.2) is 11.5 Å². The largest absolute Gasteiger partial charge is 0.378 e. The number of anilines is 1. The number of benzene rings is 1. The monoisotopic (exact) mass is 307 g/mol. The van der Waals surface area contributed by atoms with Crippen molar-refractivity contribution in [3.63, 3.8) is 0 Å². The Hall–Kier alpha value is -0.580. The molecule has 4 heteroatoms. The lowest BCUT2D eigenvalue weighted by Gasteiger charge is -2.28. The van der Waals surface area contributed by atoms with Crippen LogP contribution in [0.25, 0.3) is 0 Å². The average molecular weight is 308 g/mol. The minimum atomic E-state index is 0.456. The van der Waals surface area contributed by atoms with Crippen molar-refractivity contribution in [2.24, 2.45) is 0 Å². The fraction of sp³-hybridized carbons (Fsp3) is 0.333. The molecule has 1 aliphatic rings. The molecule has 1 aromatic carbocycles. The summed E-state index contributed by atoms with van der Waals surface area (Å²) in [4.78, 5) is 1.31. The zero-order valence-electron chi connectivity index (χ0n) is 11.1. The van der Waals surface area contributed by atoms with E-state index in [9.17, 15) is 0 Å². The van der Waals surface area contributed by atoms with Gasteiger partial charge in [0.1, 0.15) is 0 Å². The van der Waals surface area contributed by atoms with E-state index in [-0.39, 0.29) is 0 Å². The molecule has 0 aliphatic carbocycles. The van der Waals surface area contributed by atoms with Gasteiger partial charge in [0.25, 0.3) is 0 Å². The van der Waals surface area contributed by atoms with E-state index in [0.29, 0.717) is 11.3 Å². The zero-order valence-corrected chi connectivity index (χ0v) is 13.5. The molecule has 19 heavy (non-hydrogen) atoms. The standard InChI is InChI=1S/C15H17NS3/c1-10-9-14(13-7-8-18-15(13)19-10)16-11-3-5-12(17-2)6-4-11/h3-8,10,14,16H,9H2,1-2H3/t10-,14?/m0/s1. The minimum absolute atomic E-state index is 0.456. The highest BCUT2D eigenvalue weighted by Gasteiger charge is 2.26. The Bertz CT molecular complexity index is 547. The topological polar surface area (TPSA) is 12.0 Å². The summed E-state index contributed by atoms with van der Waals surface area (Å²) in [6.07, 6.45) is 3.30. The van der Waals surface area contributed by atoms with Crippen LogP contribution < -0.4 is 5.32 Å². The van der Waals surface area contributed by atoms with Crippen LogP contribution in [-0.2, 0) is 0 Å². The van der Waals surface area contributed by atoms with E-state index < -0.39 is 0 Å². The second-order valence-electron chi connectivity index (χ2n) is 4.75. The Kier molecular flexibility index (Phi) is 4.10. The van der Waals surface area contributed by atoms with E-state index in [1.165, 1.54) is 26.8 Å². The van der Waals surface area contributed by atoms with Crippen molar-refractivity contribution in [3.8, 4) is 0 Å². The van der Waals surface area contributed by atoms with Crippen LogP contribution in [0.1, 0.15) is 24.9 Å². The van der Waals surface area contributed by atoms with Gasteiger partial charge >= 0.3 is 0 Å². The molecule has 0 fully saturated rings. The van der Waals surface area contributed by atoms with Gasteiger partial charge in [-0.15, -0.1) is 34.9 Å². The zero-order chi connectivity index (χ0) is 13.2. The smallest absolute Gasteiger partial charge is 0.0653 e. The molecule has 1 aliphatic heterocycles. The molecular weight excluding hydrogens is 290 g/mol. The van der Waals surface area contributed by atoms with E-state index in [2.05, 4.69) is 54.2 Å². The van der Waals surface area contributed by atoms with Gasteiger partial charge in [-0.05, 0) is 54.0 Å². The predicted molar refractivity (Wildman–Crippen MR) is 88.8 cm³/mol. The summed E-state index contributed by atoms with van der Waals surface area (Å²) in [5, 5.41) is 6.59. The summed E-state index contributed by atoms with van der Waals surface area (Å²) in [6, 6.07) is 11.5. The van der Waals surface area contributed by atoms with Crippen LogP contribution in [0.4, 0.5) is 5.69 Å². The van der Waals surface area contributed by atoms with Crippen molar-refractivity contribution < 1.29 is 0 Å². The van der Waals surface area contributed by atoms with Crippen LogP contribution in [0.2, 0.25) is 0 Å². The third kappa shape index (κ3) is 2.96. The molecule has 0 saturated carbocycles. The first-order valence-corrected chi connectivity index (χ1v) is 9.39. The molecule has 1 unspecified atom stereocenters. The van der Waals surface area contributed by atoms with Crippen molar-refractivity contribution in [1.29, 1.82) is 0 Å². The van der Waals surface area contributed by atoms with Crippen LogP contribution in [0, 0.1) is 0 Å². The average Bonchev–Trinajstić information content (AvgIpc) is 2.88. The normalized spacial score (nSPS) is 22.0. The molecule has 0 spiro atoms. The van der Waals surface area contributed by atoms with Gasteiger partial charge in [-0.2, -0.15) is 0 Å². The second kappa shape index (κ2) is 5.81. The van der Waals surface area contributed by atoms with Gasteiger partial charge in [0.15, 0.2) is 0 Å². The van der Waals surface area contributed by atoms with Crippen LogP contribution in [0.5, 0.6) is 0 Å². The quantitative estimate of drug-likeness (QED) is 0.751. The number of hydrogen-bond acceptors (Lipinski definition) is 4. The highest BCUT2D eigenvalue weighted by atomic mass is 32.2. The Balaban J connectivity index is 1.79. The highest BCUT2D eigenvalue weighted by Crippen LogP contribution is 2.44. The molecule has 0 radical (unpaired) electrons. The van der Waals surface area contributed by atoms with E-state index in [0.717, 1.165) is 0 Å². The first-order chi connectivity index (χ1) is 9.26. The molecule has 1 nitrogen and oxygen atoms in total. The molecule has 3 rings (SSSR count). The maximum atomic E-state index is 3.69. The van der Waals surface area contributed by atoms with E-state index in [1.807, 2.05) is 23.1 Å². The number of hydrogen-bond donors (Lipinski definition) is 1. The molecule has 100 valence electrons. The van der Waals surface area contributed by atoms with Gasteiger partial charge < -0.3 is 5.32 Å². The molecule has 2 aromatic rings. The number of thioether (sulfide) groups is 2. The fourth-order valence-electron chi connectivity index (χ4n) is 2.37. The summed E-state index contributed by atoms with van der Waals surface area (Å²) in [6.45, 7) is 2.32. The summed E-state index contributed by atoms with van der Waals surface area (Å²) < 4.78 is 1.48. The second-order valence-corrected chi connectivity index (χ2v) is 8.26. The first-order valence-electron chi connectivity index (χ1n) is 6.41. The molecule has 0 amide bonds. The lowest BCUT2D eigenvalue weighted by Crippen LogP contribution is -2.18. The Morgan fingerprint density at radius 2 is 2.00 bits per heavy atom. The third-order valence-corrected chi connectivity index (χ3v) is 6.43. The SMILES string of the molecule is CSc1ccc(NC2C[C@H](C)Sc3sccc32)cc1. The number of thiophene rings is 1. The van der Waals surface area contributed by atoms with Gasteiger partial charge in [0, 0.05) is 15.8 Å². The number of rotatable bonds is 3. The van der Waals surface area contributed by atoms with Gasteiger partial charge in [-0.25, -0.2) is 0 Å². The van der Waals surface area contributed by atoms with Gasteiger partial charge in [-0.3, -0.25) is 0 Å². The van der Waals surface area contributed by atoms with E-state index in [4.69, 9.17) is 0 Å². The molecule has 1 N–H and O–H groups in total. The number of fused-ring (bicyclic) bond motifs is 1. The fourth-order valence-corrected chi connectivity index (χ4v) is 5.35. The Labute approximate surface area is 127 Å². The van der Waals surface area contributed by atoms with Gasteiger partial charge in [0.2, 0.25) is 0 Å². The molecular formula is C15H17NS3. The van der Waals surface area contributed by atoms with E-state index in [1.54, 1.807) is 11.8 Å². The molecule has 0 saturated heterocycles. The van der Waals surface area contributed by atoms with Gasteiger partial charge in [-0.1, -0.05) is 6.92 Å². The lowest BCUT2D eigenvalue weighted by molar-refractivity contribution is 0.670. The summed E-state index contributed by atoms with van der Waals surface area (Å²) in [5.74, 6) is 0. The maximum Gasteiger partial charge on any atom is 0.0653 e. The summed E-state index contributed by atoms with van der Waals surface area (Å²) in [7, 11) is 0. The lowest BCUT2D eigenvalue weighted by atomic mass is 10.0. The van der Waals surface area contributed by atoms with Gasteiger partial charge in [0.05, 0.1) is 10.3 Å². The van der Waals surface area contributed by atoms with Crippen molar-refractivity contribution >= 4 is 40.5 Å². The maximum absolute atomic E-state index is 3.69. The van der Waals surface area contributed by atoms with Crippen LogP contribution in [0.3, 0.4) is 0 Å². The van der Waals surface area contributed by atoms with Crippen LogP contribution >= 0.6 is 34.9 Å². The highest BCUT2D eigenvalue weighted by molar-refractivity contribution is 8.01. The van der Waals surface area contributed by atoms with Crippen molar-refractivity contribution in [1.82, 2.24) is 0 Å². The Morgan fingerprint density at radius 1 is 1.21 bits per heavy atom. The van der Waals surface area contributed by atoms with E-state index >= 15 is 0 Å². The molecule has 0 bridgehead atoms. The number of nitrogens with one attached hydrogen (secondary N) is 1. The van der Waals surface area contributed by atoms with Crippen molar-refractivity contribution in [3.05, 3.63) is 41.3 Å². The molecule has 2 heterocycles. The summed E-state index contributed by atoms with van der Waals surface area (Å²) in [5.41, 5.74) is 2.70. The first kappa shape index (κ1) is 13.4. The summed E-state index contributed by atoms with van der Waals surface area (Å²) >= 11 is 5.67. The molecule has 2 atom stereocenters. The van der Waals surface area contributed by atoms with Crippen molar-refractivity contribution in [2.75, 3.05) is 11.6 Å².